The quantitative estimate of drug-likeness (QED) is 0.695. The highest BCUT2D eigenvalue weighted by atomic mass is 35.5. The van der Waals surface area contributed by atoms with Gasteiger partial charge in [0.1, 0.15) is 6.04 Å². The van der Waals surface area contributed by atoms with Gasteiger partial charge in [-0.2, -0.15) is 0 Å². The Balaban J connectivity index is 0.00000288. The number of amides is 1. The van der Waals surface area contributed by atoms with Crippen molar-refractivity contribution in [1.29, 1.82) is 0 Å². The molecule has 136 valence electrons. The number of hydrogen-bond donors (Lipinski definition) is 2. The first-order valence-corrected chi connectivity index (χ1v) is 8.13. The average molecular weight is 359 g/mol. The van der Waals surface area contributed by atoms with Crippen molar-refractivity contribution in [3.05, 3.63) is 23.8 Å². The maximum absolute atomic E-state index is 12.1. The Morgan fingerprint density at radius 1 is 1.42 bits per heavy atom. The summed E-state index contributed by atoms with van der Waals surface area (Å²) in [4.78, 5) is 12.1. The molecule has 0 saturated carbocycles. The number of benzene rings is 1. The Labute approximate surface area is 149 Å². The molecule has 7 heteroatoms. The van der Waals surface area contributed by atoms with Gasteiger partial charge in [-0.1, -0.05) is 19.4 Å². The van der Waals surface area contributed by atoms with Crippen LogP contribution in [-0.4, -0.2) is 45.4 Å². The van der Waals surface area contributed by atoms with Gasteiger partial charge in [0.25, 0.3) is 0 Å². The van der Waals surface area contributed by atoms with Gasteiger partial charge in [0.15, 0.2) is 11.5 Å². The maximum atomic E-state index is 12.1. The number of carbonyl (C=O) groups excluding carboxylic acids is 1. The van der Waals surface area contributed by atoms with Gasteiger partial charge in [-0.3, -0.25) is 4.79 Å². The van der Waals surface area contributed by atoms with Crippen LogP contribution in [0.15, 0.2) is 18.2 Å². The van der Waals surface area contributed by atoms with Crippen molar-refractivity contribution >= 4 is 18.3 Å². The first-order valence-electron chi connectivity index (χ1n) is 8.13. The minimum absolute atomic E-state index is 0. The number of hydrogen-bond acceptors (Lipinski definition) is 5. The Bertz CT molecular complexity index is 507. The van der Waals surface area contributed by atoms with E-state index in [1.54, 1.807) is 7.11 Å². The van der Waals surface area contributed by atoms with Crippen LogP contribution in [0.3, 0.4) is 0 Å². The molecule has 6 nitrogen and oxygen atoms in total. The molecule has 1 aliphatic rings. The lowest BCUT2D eigenvalue weighted by Crippen LogP contribution is -2.51. The summed E-state index contributed by atoms with van der Waals surface area (Å²) >= 11 is 0. The zero-order valence-corrected chi connectivity index (χ0v) is 15.1. The fourth-order valence-corrected chi connectivity index (χ4v) is 2.31. The molecule has 0 bridgehead atoms. The van der Waals surface area contributed by atoms with E-state index in [-0.39, 0.29) is 24.4 Å². The second kappa shape index (κ2) is 11.1. The van der Waals surface area contributed by atoms with Gasteiger partial charge >= 0.3 is 0 Å². The lowest BCUT2D eigenvalue weighted by molar-refractivity contribution is -0.126. The maximum Gasteiger partial charge on any atom is 0.239 e. The summed E-state index contributed by atoms with van der Waals surface area (Å²) in [5.41, 5.74) is 0.967. The van der Waals surface area contributed by atoms with Crippen LogP contribution in [0, 0.1) is 0 Å². The normalized spacial score (nSPS) is 16.8. The van der Waals surface area contributed by atoms with E-state index in [0.717, 1.165) is 24.2 Å². The Hall–Kier alpha value is -1.50. The minimum Gasteiger partial charge on any atom is -0.493 e. The molecule has 2 N–H and O–H groups in total. The van der Waals surface area contributed by atoms with Crippen LogP contribution < -0.4 is 20.1 Å². The zero-order chi connectivity index (χ0) is 16.5. The summed E-state index contributed by atoms with van der Waals surface area (Å²) in [7, 11) is 1.62. The minimum atomic E-state index is -0.276. The summed E-state index contributed by atoms with van der Waals surface area (Å²) in [5, 5.41) is 6.05. The molecule has 1 aromatic carbocycles. The van der Waals surface area contributed by atoms with Crippen LogP contribution in [0.4, 0.5) is 0 Å². The molecule has 1 unspecified atom stereocenters. The third-order valence-electron chi connectivity index (χ3n) is 3.69. The predicted molar refractivity (Wildman–Crippen MR) is 95.1 cm³/mol. The zero-order valence-electron chi connectivity index (χ0n) is 14.3. The lowest BCUT2D eigenvalue weighted by atomic mass is 10.2. The molecule has 0 aromatic heterocycles. The summed E-state index contributed by atoms with van der Waals surface area (Å²) < 4.78 is 16.4. The van der Waals surface area contributed by atoms with Crippen molar-refractivity contribution in [2.45, 2.75) is 32.4 Å². The van der Waals surface area contributed by atoms with Gasteiger partial charge < -0.3 is 24.8 Å². The molecule has 1 aromatic rings. The number of ether oxygens (including phenoxy) is 3. The number of morpholine rings is 1. The van der Waals surface area contributed by atoms with E-state index in [1.165, 1.54) is 0 Å². The fourth-order valence-electron chi connectivity index (χ4n) is 2.31. The molecule has 2 rings (SSSR count). The molecule has 1 heterocycles. The van der Waals surface area contributed by atoms with Gasteiger partial charge in [-0.25, -0.2) is 0 Å². The van der Waals surface area contributed by atoms with Gasteiger partial charge in [0.2, 0.25) is 5.91 Å². The van der Waals surface area contributed by atoms with Gasteiger partial charge in [-0.15, -0.1) is 12.4 Å². The van der Waals surface area contributed by atoms with Crippen molar-refractivity contribution in [3.63, 3.8) is 0 Å². The summed E-state index contributed by atoms with van der Waals surface area (Å²) in [6.07, 6.45) is 2.10. The highest BCUT2D eigenvalue weighted by Gasteiger charge is 2.20. The molecule has 1 saturated heterocycles. The predicted octanol–water partition coefficient (Wildman–Crippen LogP) is 1.90. The van der Waals surface area contributed by atoms with Gasteiger partial charge in [0, 0.05) is 13.1 Å². The number of rotatable bonds is 8. The van der Waals surface area contributed by atoms with Crippen LogP contribution in [0.5, 0.6) is 11.5 Å². The average Bonchev–Trinajstić information content (AvgIpc) is 2.61. The second-order valence-corrected chi connectivity index (χ2v) is 5.49. The number of methoxy groups -OCH3 is 1. The Morgan fingerprint density at radius 2 is 2.25 bits per heavy atom. The van der Waals surface area contributed by atoms with Crippen molar-refractivity contribution < 1.29 is 19.0 Å². The number of halogens is 1. The highest BCUT2D eigenvalue weighted by molar-refractivity contribution is 5.85. The van der Waals surface area contributed by atoms with E-state index >= 15 is 0 Å². The van der Waals surface area contributed by atoms with E-state index in [2.05, 4.69) is 17.6 Å². The second-order valence-electron chi connectivity index (χ2n) is 5.49. The first-order chi connectivity index (χ1) is 11.2. The third-order valence-corrected chi connectivity index (χ3v) is 3.69. The molecule has 0 spiro atoms. The van der Waals surface area contributed by atoms with Gasteiger partial charge in [-0.05, 0) is 24.1 Å². The van der Waals surface area contributed by atoms with Crippen molar-refractivity contribution in [2.24, 2.45) is 0 Å². The molecule has 1 atom stereocenters. The molecular formula is C17H27ClN2O4. The molecule has 0 radical (unpaired) electrons. The van der Waals surface area contributed by atoms with E-state index in [1.807, 2.05) is 18.2 Å². The van der Waals surface area contributed by atoms with E-state index in [9.17, 15) is 4.79 Å². The fraction of sp³-hybridized carbons (Fsp3) is 0.588. The largest absolute Gasteiger partial charge is 0.493 e. The molecule has 1 amide bonds. The van der Waals surface area contributed by atoms with Crippen LogP contribution in [0.2, 0.25) is 0 Å². The van der Waals surface area contributed by atoms with Crippen LogP contribution >= 0.6 is 12.4 Å². The summed E-state index contributed by atoms with van der Waals surface area (Å²) in [5.74, 6) is 1.37. The van der Waals surface area contributed by atoms with Crippen molar-refractivity contribution in [2.75, 3.05) is 33.5 Å². The summed E-state index contributed by atoms with van der Waals surface area (Å²) in [6, 6.07) is 5.45. The Kier molecular flexibility index (Phi) is 9.52. The standard InChI is InChI=1S/C17H26N2O4.ClH/c1-3-4-8-23-15-6-5-13(10-16(15)21-2)11-19-17(20)14-12-22-9-7-18-14;/h5-6,10,14,18H,3-4,7-9,11-12H2,1-2H3,(H,19,20);1H. The van der Waals surface area contributed by atoms with Crippen LogP contribution in [0.25, 0.3) is 0 Å². The van der Waals surface area contributed by atoms with E-state index in [0.29, 0.717) is 38.7 Å². The monoisotopic (exact) mass is 358 g/mol. The van der Waals surface area contributed by atoms with Crippen molar-refractivity contribution in [3.8, 4) is 11.5 Å². The molecule has 0 aliphatic carbocycles. The van der Waals surface area contributed by atoms with Crippen LogP contribution in [0.1, 0.15) is 25.3 Å². The van der Waals surface area contributed by atoms with E-state index < -0.39 is 0 Å². The number of carbonyl (C=O) groups is 1. The van der Waals surface area contributed by atoms with Gasteiger partial charge in [0.05, 0.1) is 26.9 Å². The first kappa shape index (κ1) is 20.5. The number of nitrogens with one attached hydrogen (secondary N) is 2. The molecule has 24 heavy (non-hydrogen) atoms. The number of unbranched alkanes of at least 4 members (excludes halogenated alkanes) is 1. The SMILES string of the molecule is CCCCOc1ccc(CNC(=O)C2COCCN2)cc1OC.Cl. The highest BCUT2D eigenvalue weighted by Crippen LogP contribution is 2.28. The smallest absolute Gasteiger partial charge is 0.239 e. The van der Waals surface area contributed by atoms with Crippen LogP contribution in [-0.2, 0) is 16.1 Å². The lowest BCUT2D eigenvalue weighted by Gasteiger charge is -2.23. The Morgan fingerprint density at radius 3 is 2.92 bits per heavy atom. The third kappa shape index (κ3) is 6.19. The molecular weight excluding hydrogens is 332 g/mol. The molecule has 1 fully saturated rings. The van der Waals surface area contributed by atoms with Crippen molar-refractivity contribution in [1.82, 2.24) is 10.6 Å². The summed E-state index contributed by atoms with van der Waals surface area (Å²) in [6.45, 7) is 5.02. The topological polar surface area (TPSA) is 68.8 Å². The van der Waals surface area contributed by atoms with E-state index in [4.69, 9.17) is 14.2 Å². The molecule has 1 aliphatic heterocycles.